The summed E-state index contributed by atoms with van der Waals surface area (Å²) in [6.07, 6.45) is 3.79. The third-order valence-corrected chi connectivity index (χ3v) is 5.10. The first-order valence-electron chi connectivity index (χ1n) is 9.03. The molecule has 0 saturated carbocycles. The smallest absolute Gasteiger partial charge is 0.236 e. The van der Waals surface area contributed by atoms with Crippen LogP contribution in [-0.4, -0.2) is 21.9 Å². The molecule has 3 aromatic rings. The normalized spacial score (nSPS) is 20.7. The van der Waals surface area contributed by atoms with E-state index in [1.54, 1.807) is 0 Å². The van der Waals surface area contributed by atoms with Gasteiger partial charge in [-0.05, 0) is 48.6 Å². The van der Waals surface area contributed by atoms with Gasteiger partial charge < -0.3 is 4.74 Å². The zero-order valence-corrected chi connectivity index (χ0v) is 14.6. The highest BCUT2D eigenvalue weighted by Gasteiger charge is 2.31. The molecule has 3 heterocycles. The Balaban J connectivity index is 1.50. The highest BCUT2D eigenvalue weighted by molar-refractivity contribution is 5.94. The van der Waals surface area contributed by atoms with Gasteiger partial charge in [0.25, 0.3) is 0 Å². The van der Waals surface area contributed by atoms with Gasteiger partial charge in [0.15, 0.2) is 0 Å². The van der Waals surface area contributed by atoms with Crippen LogP contribution in [-0.2, 0) is 17.6 Å². The lowest BCUT2D eigenvalue weighted by molar-refractivity contribution is 0.202. The first-order valence-corrected chi connectivity index (χ1v) is 9.03. The second kappa shape index (κ2) is 6.06. The quantitative estimate of drug-likeness (QED) is 0.703. The van der Waals surface area contributed by atoms with E-state index >= 15 is 0 Å². The Morgan fingerprint density at radius 2 is 1.69 bits per heavy atom. The van der Waals surface area contributed by atoms with Gasteiger partial charge in [0, 0.05) is 6.20 Å². The maximum atomic E-state index is 6.19. The monoisotopic (exact) mass is 341 g/mol. The van der Waals surface area contributed by atoms with Gasteiger partial charge in [-0.15, -0.1) is 0 Å². The number of ether oxygens (including phenoxy) is 1. The van der Waals surface area contributed by atoms with Gasteiger partial charge in [-0.25, -0.2) is 9.98 Å². The maximum Gasteiger partial charge on any atom is 0.236 e. The minimum Gasteiger partial charge on any atom is -0.466 e. The van der Waals surface area contributed by atoms with Gasteiger partial charge in [0.05, 0.1) is 17.4 Å². The van der Waals surface area contributed by atoms with Crippen LogP contribution in [0.15, 0.2) is 65.8 Å². The molecule has 128 valence electrons. The van der Waals surface area contributed by atoms with Crippen LogP contribution in [0.2, 0.25) is 0 Å². The molecule has 0 fully saturated rings. The molecule has 0 saturated heterocycles. The lowest BCUT2D eigenvalue weighted by Crippen LogP contribution is -2.13. The molecule has 0 spiro atoms. The maximum absolute atomic E-state index is 6.19. The summed E-state index contributed by atoms with van der Waals surface area (Å²) in [4.78, 5) is 14.2. The SMILES string of the molecule is C[C@@H]1N=C(c2ccc3c(n2)-c2ncccc2CC3)O[C@@H]1c1ccccc1. The van der Waals surface area contributed by atoms with E-state index in [0.29, 0.717) is 5.90 Å². The predicted molar refractivity (Wildman–Crippen MR) is 101 cm³/mol. The minimum absolute atomic E-state index is 0.0607. The molecule has 5 rings (SSSR count). The van der Waals surface area contributed by atoms with Crippen molar-refractivity contribution in [2.24, 2.45) is 4.99 Å². The van der Waals surface area contributed by atoms with Crippen molar-refractivity contribution in [3.8, 4) is 11.4 Å². The van der Waals surface area contributed by atoms with Crippen LogP contribution < -0.4 is 0 Å². The highest BCUT2D eigenvalue weighted by Crippen LogP contribution is 2.33. The fourth-order valence-corrected chi connectivity index (χ4v) is 3.75. The van der Waals surface area contributed by atoms with Crippen molar-refractivity contribution in [1.82, 2.24) is 9.97 Å². The summed E-state index contributed by atoms with van der Waals surface area (Å²) in [5.74, 6) is 0.622. The van der Waals surface area contributed by atoms with Crippen LogP contribution in [0, 0.1) is 0 Å². The number of fused-ring (bicyclic) bond motifs is 3. The Labute approximate surface area is 152 Å². The van der Waals surface area contributed by atoms with Crippen LogP contribution in [0.5, 0.6) is 0 Å². The van der Waals surface area contributed by atoms with Crippen LogP contribution in [0.25, 0.3) is 11.4 Å². The van der Waals surface area contributed by atoms with Gasteiger partial charge in [-0.1, -0.05) is 42.5 Å². The summed E-state index contributed by atoms with van der Waals surface area (Å²) in [7, 11) is 0. The van der Waals surface area contributed by atoms with Gasteiger partial charge in [0.1, 0.15) is 11.8 Å². The summed E-state index contributed by atoms with van der Waals surface area (Å²) in [5, 5.41) is 0. The van der Waals surface area contributed by atoms with E-state index in [1.807, 2.05) is 36.5 Å². The number of hydrogen-bond acceptors (Lipinski definition) is 4. The number of hydrogen-bond donors (Lipinski definition) is 0. The molecule has 1 aliphatic carbocycles. The number of nitrogens with zero attached hydrogens (tertiary/aromatic N) is 3. The zero-order valence-electron chi connectivity index (χ0n) is 14.6. The van der Waals surface area contributed by atoms with Gasteiger partial charge >= 0.3 is 0 Å². The van der Waals surface area contributed by atoms with E-state index in [0.717, 1.165) is 35.5 Å². The Bertz CT molecular complexity index is 997. The molecule has 0 radical (unpaired) electrons. The lowest BCUT2D eigenvalue weighted by atomic mass is 9.92. The largest absolute Gasteiger partial charge is 0.466 e. The standard InChI is InChI=1S/C22H19N3O/c1-14-21(17-6-3-2-4-7-17)26-22(24-14)18-12-11-16-10-9-15-8-5-13-23-19(15)20(16)25-18/h2-8,11-14,21H,9-10H2,1H3/t14-,21-/m0/s1. The van der Waals surface area contributed by atoms with Crippen molar-refractivity contribution < 1.29 is 4.74 Å². The third kappa shape index (κ3) is 2.49. The molecule has 26 heavy (non-hydrogen) atoms. The summed E-state index contributed by atoms with van der Waals surface area (Å²) >= 11 is 0. The van der Waals surface area contributed by atoms with Crippen LogP contribution in [0.3, 0.4) is 0 Å². The number of aliphatic imine (C=N–C) groups is 1. The first-order chi connectivity index (χ1) is 12.8. The summed E-state index contributed by atoms with van der Waals surface area (Å²) in [5.41, 5.74) is 6.38. The topological polar surface area (TPSA) is 47.4 Å². The fourth-order valence-electron chi connectivity index (χ4n) is 3.75. The molecule has 4 heteroatoms. The second-order valence-electron chi connectivity index (χ2n) is 6.84. The highest BCUT2D eigenvalue weighted by atomic mass is 16.5. The van der Waals surface area contributed by atoms with Crippen LogP contribution >= 0.6 is 0 Å². The molecular formula is C22H19N3O. The molecule has 0 N–H and O–H groups in total. The molecule has 0 unspecified atom stereocenters. The van der Waals surface area contributed by atoms with Crippen molar-refractivity contribution in [3.63, 3.8) is 0 Å². The molecule has 1 aromatic carbocycles. The second-order valence-corrected chi connectivity index (χ2v) is 6.84. The number of pyridine rings is 2. The van der Waals surface area contributed by atoms with Crippen LogP contribution in [0.1, 0.15) is 35.4 Å². The van der Waals surface area contributed by atoms with E-state index in [-0.39, 0.29) is 12.1 Å². The van der Waals surface area contributed by atoms with Crippen molar-refractivity contribution in [2.75, 3.05) is 0 Å². The molecule has 2 aromatic heterocycles. The first kappa shape index (κ1) is 15.3. The van der Waals surface area contributed by atoms with Crippen LogP contribution in [0.4, 0.5) is 0 Å². The van der Waals surface area contributed by atoms with Gasteiger partial charge in [-0.2, -0.15) is 0 Å². The van der Waals surface area contributed by atoms with Gasteiger partial charge in [-0.3, -0.25) is 4.98 Å². The van der Waals surface area contributed by atoms with E-state index in [2.05, 4.69) is 36.2 Å². The molecular weight excluding hydrogens is 322 g/mol. The number of rotatable bonds is 2. The Morgan fingerprint density at radius 1 is 0.885 bits per heavy atom. The minimum atomic E-state index is -0.0607. The number of aromatic nitrogens is 2. The molecule has 0 amide bonds. The fraction of sp³-hybridized carbons (Fsp3) is 0.227. The van der Waals surface area contributed by atoms with E-state index < -0.39 is 0 Å². The molecule has 4 nitrogen and oxygen atoms in total. The van der Waals surface area contributed by atoms with Crippen molar-refractivity contribution in [1.29, 1.82) is 0 Å². The molecule has 2 aliphatic rings. The summed E-state index contributed by atoms with van der Waals surface area (Å²) < 4.78 is 6.19. The molecule has 2 atom stereocenters. The third-order valence-electron chi connectivity index (χ3n) is 5.10. The van der Waals surface area contributed by atoms with E-state index in [4.69, 9.17) is 14.7 Å². The number of benzene rings is 1. The molecule has 0 bridgehead atoms. The van der Waals surface area contributed by atoms with Crippen molar-refractivity contribution >= 4 is 5.90 Å². The lowest BCUT2D eigenvalue weighted by Gasteiger charge is -2.18. The van der Waals surface area contributed by atoms with Gasteiger partial charge in [0.2, 0.25) is 5.90 Å². The average molecular weight is 341 g/mol. The Hall–Kier alpha value is -3.01. The predicted octanol–water partition coefficient (Wildman–Crippen LogP) is 4.15. The van der Waals surface area contributed by atoms with Crippen molar-refractivity contribution in [2.45, 2.75) is 31.9 Å². The van der Waals surface area contributed by atoms with E-state index in [1.165, 1.54) is 11.1 Å². The number of aryl methyl sites for hydroxylation is 2. The Kier molecular flexibility index (Phi) is 3.56. The van der Waals surface area contributed by atoms with Crippen molar-refractivity contribution in [3.05, 3.63) is 83.2 Å². The Morgan fingerprint density at radius 3 is 2.54 bits per heavy atom. The van der Waals surface area contributed by atoms with E-state index in [9.17, 15) is 0 Å². The molecule has 1 aliphatic heterocycles. The summed E-state index contributed by atoms with van der Waals surface area (Å²) in [6, 6.07) is 18.6. The average Bonchev–Trinajstić information content (AvgIpc) is 3.10. The summed E-state index contributed by atoms with van der Waals surface area (Å²) in [6.45, 7) is 2.08. The zero-order chi connectivity index (χ0) is 17.5.